The number of hydrogen-bond donors (Lipinski definition) is 1. The molecule has 2 amide bonds. The van der Waals surface area contributed by atoms with E-state index in [0.29, 0.717) is 0 Å². The molecule has 0 unspecified atom stereocenters. The Bertz CT molecular complexity index is 1690. The second kappa shape index (κ2) is 14.5. The molecule has 45 heavy (non-hydrogen) atoms. The molecule has 1 saturated carbocycles. The molecular formula is C36H38FN3O4S. The van der Waals surface area contributed by atoms with Crippen molar-refractivity contribution in [2.45, 2.75) is 62.6 Å². The number of nitrogens with zero attached hydrogens (tertiary/aromatic N) is 2. The summed E-state index contributed by atoms with van der Waals surface area (Å²) in [4.78, 5) is 29.8. The third kappa shape index (κ3) is 7.97. The summed E-state index contributed by atoms with van der Waals surface area (Å²) in [6.45, 7) is 1.19. The van der Waals surface area contributed by atoms with Crippen molar-refractivity contribution >= 4 is 27.5 Å². The van der Waals surface area contributed by atoms with Gasteiger partial charge in [0.2, 0.25) is 11.8 Å². The van der Waals surface area contributed by atoms with Crippen molar-refractivity contribution in [2.24, 2.45) is 0 Å². The van der Waals surface area contributed by atoms with E-state index in [1.807, 2.05) is 67.6 Å². The molecule has 1 N–H and O–H groups in total. The Hall–Kier alpha value is -4.50. The third-order valence-electron chi connectivity index (χ3n) is 8.18. The number of aryl methyl sites for hydroxylation is 1. The van der Waals surface area contributed by atoms with Crippen LogP contribution in [0.4, 0.5) is 10.1 Å². The number of hydrogen-bond acceptors (Lipinski definition) is 4. The highest BCUT2D eigenvalue weighted by atomic mass is 32.2. The maximum absolute atomic E-state index is 15.3. The fourth-order valence-corrected chi connectivity index (χ4v) is 7.13. The average Bonchev–Trinajstić information content (AvgIpc) is 3.56. The Morgan fingerprint density at radius 2 is 1.40 bits per heavy atom. The van der Waals surface area contributed by atoms with E-state index >= 15 is 4.39 Å². The number of para-hydroxylation sites is 1. The molecule has 9 heteroatoms. The largest absolute Gasteiger partial charge is 0.352 e. The summed E-state index contributed by atoms with van der Waals surface area (Å²) in [6, 6.07) is 29.4. The molecule has 0 heterocycles. The van der Waals surface area contributed by atoms with Crippen LogP contribution in [0.25, 0.3) is 0 Å². The highest BCUT2D eigenvalue weighted by molar-refractivity contribution is 7.92. The molecule has 0 bridgehead atoms. The molecule has 4 aromatic carbocycles. The van der Waals surface area contributed by atoms with Gasteiger partial charge in [-0.05, 0) is 55.2 Å². The Morgan fingerprint density at radius 1 is 0.822 bits per heavy atom. The number of halogens is 1. The van der Waals surface area contributed by atoms with Crippen molar-refractivity contribution < 1.29 is 22.4 Å². The average molecular weight is 628 g/mol. The van der Waals surface area contributed by atoms with Gasteiger partial charge in [0.15, 0.2) is 0 Å². The minimum absolute atomic E-state index is 0.0151. The number of sulfonamides is 1. The summed E-state index contributed by atoms with van der Waals surface area (Å²) in [5.41, 5.74) is 2.24. The van der Waals surface area contributed by atoms with Gasteiger partial charge in [-0.15, -0.1) is 0 Å². The number of amides is 2. The van der Waals surface area contributed by atoms with E-state index in [1.165, 1.54) is 35.2 Å². The fraction of sp³-hybridized carbons (Fsp3) is 0.278. The van der Waals surface area contributed by atoms with E-state index in [2.05, 4.69) is 5.32 Å². The summed E-state index contributed by atoms with van der Waals surface area (Å²) in [5, 5.41) is 3.15. The normalized spacial score (nSPS) is 14.1. The molecule has 1 aliphatic rings. The first-order valence-corrected chi connectivity index (χ1v) is 16.7. The van der Waals surface area contributed by atoms with Gasteiger partial charge in [-0.2, -0.15) is 0 Å². The maximum atomic E-state index is 15.3. The monoisotopic (exact) mass is 627 g/mol. The number of carbonyl (C=O) groups is 2. The van der Waals surface area contributed by atoms with E-state index in [4.69, 9.17) is 0 Å². The van der Waals surface area contributed by atoms with Crippen LogP contribution in [0.3, 0.4) is 0 Å². The third-order valence-corrected chi connectivity index (χ3v) is 9.95. The minimum atomic E-state index is -4.37. The molecule has 1 fully saturated rings. The van der Waals surface area contributed by atoms with E-state index in [1.54, 1.807) is 12.1 Å². The van der Waals surface area contributed by atoms with Gasteiger partial charge in [0.1, 0.15) is 18.4 Å². The van der Waals surface area contributed by atoms with Crippen LogP contribution in [0.2, 0.25) is 0 Å². The first-order chi connectivity index (χ1) is 21.7. The van der Waals surface area contributed by atoms with Gasteiger partial charge < -0.3 is 10.2 Å². The Balaban J connectivity index is 1.56. The van der Waals surface area contributed by atoms with Crippen LogP contribution in [0.15, 0.2) is 114 Å². The first-order valence-electron chi connectivity index (χ1n) is 15.2. The molecule has 0 spiro atoms. The van der Waals surface area contributed by atoms with Crippen LogP contribution in [0.1, 0.15) is 42.4 Å². The quantitative estimate of drug-likeness (QED) is 0.208. The van der Waals surface area contributed by atoms with Gasteiger partial charge in [-0.1, -0.05) is 103 Å². The zero-order chi connectivity index (χ0) is 31.8. The standard InChI is InChI=1S/C36H38FN3O4S/c1-27-20-22-31(23-21-27)45(43,44)40(33-19-11-10-18-32(33)37)26-35(41)39(25-29-14-6-3-7-15-29)34(24-28-12-4-2-5-13-28)36(42)38-30-16-8-9-17-30/h2-7,10-15,18-23,30,34H,8-9,16-17,24-26H2,1H3,(H,38,42)/t34-/m1/s1. The predicted octanol–water partition coefficient (Wildman–Crippen LogP) is 6.03. The first kappa shape index (κ1) is 31.9. The summed E-state index contributed by atoms with van der Waals surface area (Å²) in [7, 11) is -4.37. The highest BCUT2D eigenvalue weighted by Crippen LogP contribution is 2.28. The lowest BCUT2D eigenvalue weighted by molar-refractivity contribution is -0.140. The van der Waals surface area contributed by atoms with Gasteiger partial charge in [0, 0.05) is 19.0 Å². The molecule has 0 radical (unpaired) electrons. The molecule has 0 saturated heterocycles. The second-order valence-electron chi connectivity index (χ2n) is 11.5. The van der Waals surface area contributed by atoms with Crippen LogP contribution in [0.5, 0.6) is 0 Å². The summed E-state index contributed by atoms with van der Waals surface area (Å²) in [5.74, 6) is -1.70. The Labute approximate surface area is 264 Å². The minimum Gasteiger partial charge on any atom is -0.352 e. The fourth-order valence-electron chi connectivity index (χ4n) is 5.71. The van der Waals surface area contributed by atoms with Gasteiger partial charge in [0.05, 0.1) is 10.6 Å². The SMILES string of the molecule is Cc1ccc(S(=O)(=O)N(CC(=O)N(Cc2ccccc2)[C@H](Cc2ccccc2)C(=O)NC2CCCC2)c2ccccc2F)cc1. The van der Waals surface area contributed by atoms with Gasteiger partial charge in [0.25, 0.3) is 10.0 Å². The lowest BCUT2D eigenvalue weighted by atomic mass is 10.0. The van der Waals surface area contributed by atoms with Gasteiger partial charge >= 0.3 is 0 Å². The lowest BCUT2D eigenvalue weighted by Gasteiger charge is -2.34. The Kier molecular flexibility index (Phi) is 10.3. The molecule has 234 valence electrons. The van der Waals surface area contributed by atoms with E-state index in [0.717, 1.165) is 52.7 Å². The smallest absolute Gasteiger partial charge is 0.264 e. The van der Waals surface area contributed by atoms with E-state index in [-0.39, 0.29) is 35.5 Å². The molecule has 5 rings (SSSR count). The van der Waals surface area contributed by atoms with Crippen LogP contribution < -0.4 is 9.62 Å². The number of anilines is 1. The molecule has 1 atom stereocenters. The highest BCUT2D eigenvalue weighted by Gasteiger charge is 2.36. The second-order valence-corrected chi connectivity index (χ2v) is 13.3. The Morgan fingerprint density at radius 3 is 2.02 bits per heavy atom. The summed E-state index contributed by atoms with van der Waals surface area (Å²) < 4.78 is 44.2. The van der Waals surface area contributed by atoms with Crippen LogP contribution >= 0.6 is 0 Å². The number of benzene rings is 4. The molecular weight excluding hydrogens is 589 g/mol. The van der Waals surface area contributed by atoms with Crippen LogP contribution in [-0.2, 0) is 32.6 Å². The number of nitrogens with one attached hydrogen (secondary N) is 1. The van der Waals surface area contributed by atoms with Crippen LogP contribution in [0, 0.1) is 12.7 Å². The van der Waals surface area contributed by atoms with Crippen LogP contribution in [-0.4, -0.2) is 43.8 Å². The van der Waals surface area contributed by atoms with Crippen molar-refractivity contribution in [3.8, 4) is 0 Å². The van der Waals surface area contributed by atoms with Gasteiger partial charge in [-0.3, -0.25) is 13.9 Å². The number of carbonyl (C=O) groups excluding carboxylic acids is 2. The van der Waals surface area contributed by atoms with E-state index < -0.39 is 34.3 Å². The van der Waals surface area contributed by atoms with Crippen molar-refractivity contribution in [3.05, 3.63) is 132 Å². The maximum Gasteiger partial charge on any atom is 0.264 e. The predicted molar refractivity (Wildman–Crippen MR) is 173 cm³/mol. The lowest BCUT2D eigenvalue weighted by Crippen LogP contribution is -2.54. The van der Waals surface area contributed by atoms with Crippen molar-refractivity contribution in [1.82, 2.24) is 10.2 Å². The molecule has 7 nitrogen and oxygen atoms in total. The molecule has 4 aromatic rings. The topological polar surface area (TPSA) is 86.8 Å². The molecule has 1 aliphatic carbocycles. The van der Waals surface area contributed by atoms with Crippen molar-refractivity contribution in [2.75, 3.05) is 10.8 Å². The zero-order valence-corrected chi connectivity index (χ0v) is 26.1. The van der Waals surface area contributed by atoms with Crippen molar-refractivity contribution in [1.29, 1.82) is 0 Å². The zero-order valence-electron chi connectivity index (χ0n) is 25.3. The summed E-state index contributed by atoms with van der Waals surface area (Å²) in [6.07, 6.45) is 4.01. The van der Waals surface area contributed by atoms with Gasteiger partial charge in [-0.25, -0.2) is 12.8 Å². The van der Waals surface area contributed by atoms with E-state index in [9.17, 15) is 18.0 Å². The van der Waals surface area contributed by atoms with Crippen molar-refractivity contribution in [3.63, 3.8) is 0 Å². The summed E-state index contributed by atoms with van der Waals surface area (Å²) >= 11 is 0. The molecule has 0 aliphatic heterocycles. The number of rotatable bonds is 12. The molecule has 0 aromatic heterocycles.